The van der Waals surface area contributed by atoms with Crippen LogP contribution in [0.15, 0.2) is 41.4 Å². The Balaban J connectivity index is 2.00. The van der Waals surface area contributed by atoms with Gasteiger partial charge in [0.1, 0.15) is 11.5 Å². The van der Waals surface area contributed by atoms with E-state index in [1.165, 1.54) is 18.2 Å². The number of nitrogens with zero attached hydrogens (tertiary/aromatic N) is 1. The number of halogens is 3. The summed E-state index contributed by atoms with van der Waals surface area (Å²) in [6.45, 7) is -0.127. The third-order valence-electron chi connectivity index (χ3n) is 3.87. The zero-order valence-corrected chi connectivity index (χ0v) is 16.2. The number of hydrogen-bond acceptors (Lipinski definition) is 4. The smallest absolute Gasteiger partial charge is 0.387 e. The first kappa shape index (κ1) is 22.2. The molecule has 0 saturated carbocycles. The molecule has 3 N–H and O–H groups in total. The third-order valence-corrected chi connectivity index (χ3v) is 3.87. The number of phenols is 1. The number of benzene rings is 2. The van der Waals surface area contributed by atoms with Crippen LogP contribution in [-0.2, 0) is 13.1 Å². The number of phenolic OH excluding ortho intramolecular Hbond substituents is 1. The molecular formula is C20H24F3N3O3. The molecule has 0 atom stereocenters. The van der Waals surface area contributed by atoms with Crippen LogP contribution in [0.2, 0.25) is 0 Å². The number of aromatic hydroxyl groups is 1. The van der Waals surface area contributed by atoms with Gasteiger partial charge in [-0.2, -0.15) is 8.78 Å². The molecule has 2 rings (SSSR count). The highest BCUT2D eigenvalue weighted by Gasteiger charge is 2.12. The Kier molecular flexibility index (Phi) is 8.45. The summed E-state index contributed by atoms with van der Waals surface area (Å²) in [4.78, 5) is 4.04. The lowest BCUT2D eigenvalue weighted by atomic mass is 10.2. The van der Waals surface area contributed by atoms with Gasteiger partial charge in [0.25, 0.3) is 0 Å². The fourth-order valence-corrected chi connectivity index (χ4v) is 2.44. The Labute approximate surface area is 167 Å². The first-order chi connectivity index (χ1) is 13.9. The van der Waals surface area contributed by atoms with Crippen LogP contribution < -0.4 is 20.1 Å². The van der Waals surface area contributed by atoms with Crippen LogP contribution in [0.4, 0.5) is 13.2 Å². The van der Waals surface area contributed by atoms with Gasteiger partial charge < -0.3 is 25.2 Å². The van der Waals surface area contributed by atoms with Crippen molar-refractivity contribution in [3.8, 4) is 17.2 Å². The molecular weight excluding hydrogens is 387 g/mol. The van der Waals surface area contributed by atoms with Gasteiger partial charge in [0, 0.05) is 31.8 Å². The molecule has 0 unspecified atom stereocenters. The molecule has 6 nitrogen and oxygen atoms in total. The maximum absolute atomic E-state index is 13.4. The predicted molar refractivity (Wildman–Crippen MR) is 104 cm³/mol. The average molecular weight is 411 g/mol. The zero-order valence-electron chi connectivity index (χ0n) is 16.2. The molecule has 0 aliphatic rings. The van der Waals surface area contributed by atoms with Crippen molar-refractivity contribution in [1.29, 1.82) is 0 Å². The molecule has 0 radical (unpaired) electrons. The van der Waals surface area contributed by atoms with Gasteiger partial charge in [0.2, 0.25) is 0 Å². The predicted octanol–water partition coefficient (Wildman–Crippen LogP) is 3.79. The van der Waals surface area contributed by atoms with Crippen molar-refractivity contribution in [1.82, 2.24) is 10.6 Å². The van der Waals surface area contributed by atoms with Crippen LogP contribution in [0.1, 0.15) is 24.5 Å². The van der Waals surface area contributed by atoms with Crippen LogP contribution >= 0.6 is 0 Å². The molecule has 0 spiro atoms. The summed E-state index contributed by atoms with van der Waals surface area (Å²) in [5.74, 6) is -0.298. The minimum absolute atomic E-state index is 0.0113. The topological polar surface area (TPSA) is 75.1 Å². The van der Waals surface area contributed by atoms with Gasteiger partial charge >= 0.3 is 6.61 Å². The highest BCUT2D eigenvalue weighted by Crippen LogP contribution is 2.26. The average Bonchev–Trinajstić information content (AvgIpc) is 2.69. The van der Waals surface area contributed by atoms with Gasteiger partial charge in [-0.3, -0.25) is 4.99 Å². The zero-order chi connectivity index (χ0) is 21.2. The summed E-state index contributed by atoms with van der Waals surface area (Å²) in [6, 6.07) is 8.78. The Morgan fingerprint density at radius 1 is 1.14 bits per heavy atom. The molecule has 0 fully saturated rings. The van der Waals surface area contributed by atoms with Crippen molar-refractivity contribution in [2.24, 2.45) is 4.99 Å². The summed E-state index contributed by atoms with van der Waals surface area (Å²) in [5.41, 5.74) is 1.09. The monoisotopic (exact) mass is 411 g/mol. The van der Waals surface area contributed by atoms with E-state index in [1.807, 2.05) is 6.92 Å². The van der Waals surface area contributed by atoms with E-state index >= 15 is 0 Å². The van der Waals surface area contributed by atoms with Gasteiger partial charge in [-0.1, -0.05) is 13.0 Å². The molecule has 0 bridgehead atoms. The van der Waals surface area contributed by atoms with E-state index in [2.05, 4.69) is 20.4 Å². The van der Waals surface area contributed by atoms with Crippen molar-refractivity contribution in [3.63, 3.8) is 0 Å². The largest absolute Gasteiger partial charge is 0.505 e. The molecule has 9 heteroatoms. The molecule has 2 aromatic rings. The van der Waals surface area contributed by atoms with Crippen molar-refractivity contribution in [2.45, 2.75) is 33.0 Å². The molecule has 158 valence electrons. The highest BCUT2D eigenvalue weighted by molar-refractivity contribution is 5.79. The fraction of sp³-hybridized carbons (Fsp3) is 0.350. The summed E-state index contributed by atoms with van der Waals surface area (Å²) < 4.78 is 49.0. The Hall–Kier alpha value is -3.10. The molecule has 0 aliphatic heterocycles. The number of ether oxygens (including phenoxy) is 2. The lowest BCUT2D eigenvalue weighted by molar-refractivity contribution is -0.0505. The minimum Gasteiger partial charge on any atom is -0.505 e. The summed E-state index contributed by atoms with van der Waals surface area (Å²) >= 11 is 0. The molecule has 2 aromatic carbocycles. The highest BCUT2D eigenvalue weighted by atomic mass is 19.3. The Morgan fingerprint density at radius 3 is 2.55 bits per heavy atom. The minimum atomic E-state index is -2.96. The van der Waals surface area contributed by atoms with Crippen molar-refractivity contribution >= 4 is 5.96 Å². The lowest BCUT2D eigenvalue weighted by Gasteiger charge is -2.16. The van der Waals surface area contributed by atoms with Crippen LogP contribution in [0.25, 0.3) is 0 Å². The van der Waals surface area contributed by atoms with Crippen molar-refractivity contribution in [2.75, 3.05) is 13.7 Å². The van der Waals surface area contributed by atoms with E-state index < -0.39 is 18.2 Å². The van der Waals surface area contributed by atoms with E-state index in [-0.39, 0.29) is 18.8 Å². The standard InChI is InChI=1S/C20H24F3N3O3/c1-3-8-28-15-6-5-14(18(10-15)29-19(22)23)12-26-20(24-2)25-11-13-4-7-17(27)16(21)9-13/h4-7,9-10,19,27H,3,8,11-12H2,1-2H3,(H2,24,25,26). The van der Waals surface area contributed by atoms with Crippen molar-refractivity contribution < 1.29 is 27.8 Å². The second-order valence-electron chi connectivity index (χ2n) is 6.06. The van der Waals surface area contributed by atoms with Crippen LogP contribution in [0.3, 0.4) is 0 Å². The number of hydrogen-bond donors (Lipinski definition) is 3. The van der Waals surface area contributed by atoms with E-state index in [1.54, 1.807) is 25.2 Å². The molecule has 0 heterocycles. The second kappa shape index (κ2) is 11.0. The van der Waals surface area contributed by atoms with Gasteiger partial charge in [-0.25, -0.2) is 4.39 Å². The van der Waals surface area contributed by atoms with Crippen LogP contribution in [0.5, 0.6) is 17.2 Å². The molecule has 0 aromatic heterocycles. The van der Waals surface area contributed by atoms with Crippen LogP contribution in [-0.4, -0.2) is 31.3 Å². The molecule has 29 heavy (non-hydrogen) atoms. The lowest BCUT2D eigenvalue weighted by Crippen LogP contribution is -2.36. The van der Waals surface area contributed by atoms with Crippen LogP contribution in [0, 0.1) is 5.82 Å². The molecule has 0 aliphatic carbocycles. The fourth-order valence-electron chi connectivity index (χ4n) is 2.44. The number of guanidine groups is 1. The quantitative estimate of drug-likeness (QED) is 0.433. The summed E-state index contributed by atoms with van der Waals surface area (Å²) in [6.07, 6.45) is 0.793. The first-order valence-corrected chi connectivity index (χ1v) is 9.05. The third kappa shape index (κ3) is 7.10. The Bertz CT molecular complexity index is 832. The maximum atomic E-state index is 13.4. The SMILES string of the molecule is CCCOc1ccc(CNC(=NC)NCc2ccc(O)c(F)c2)c(OC(F)F)c1. The number of nitrogens with one attached hydrogen (secondary N) is 2. The van der Waals surface area contributed by atoms with Crippen molar-refractivity contribution in [3.05, 3.63) is 53.3 Å². The summed E-state index contributed by atoms with van der Waals surface area (Å²) in [5, 5.41) is 15.2. The molecule has 0 saturated heterocycles. The normalized spacial score (nSPS) is 11.4. The van der Waals surface area contributed by atoms with Gasteiger partial charge in [-0.15, -0.1) is 0 Å². The number of rotatable bonds is 9. The number of aliphatic imine (C=N–C) groups is 1. The van der Waals surface area contributed by atoms with E-state index in [4.69, 9.17) is 4.74 Å². The van der Waals surface area contributed by atoms with E-state index in [0.29, 0.717) is 29.4 Å². The second-order valence-corrected chi connectivity index (χ2v) is 6.06. The van der Waals surface area contributed by atoms with Gasteiger partial charge in [0.05, 0.1) is 6.61 Å². The Morgan fingerprint density at radius 2 is 1.90 bits per heavy atom. The van der Waals surface area contributed by atoms with Gasteiger partial charge in [-0.05, 0) is 36.2 Å². The summed E-state index contributed by atoms with van der Waals surface area (Å²) in [7, 11) is 1.55. The van der Waals surface area contributed by atoms with E-state index in [9.17, 15) is 18.3 Å². The first-order valence-electron chi connectivity index (χ1n) is 9.05. The van der Waals surface area contributed by atoms with E-state index in [0.717, 1.165) is 6.42 Å². The maximum Gasteiger partial charge on any atom is 0.387 e. The van der Waals surface area contributed by atoms with Gasteiger partial charge in [0.15, 0.2) is 17.5 Å². The molecule has 0 amide bonds. The number of alkyl halides is 2.